The lowest BCUT2D eigenvalue weighted by atomic mass is 9.99. The van der Waals surface area contributed by atoms with Crippen molar-refractivity contribution in [1.29, 1.82) is 0 Å². The van der Waals surface area contributed by atoms with Crippen LogP contribution in [0.25, 0.3) is 11.1 Å². The van der Waals surface area contributed by atoms with Crippen LogP contribution in [0.2, 0.25) is 5.02 Å². The summed E-state index contributed by atoms with van der Waals surface area (Å²) in [5, 5.41) is 12.8. The van der Waals surface area contributed by atoms with Crippen molar-refractivity contribution in [3.63, 3.8) is 0 Å². The van der Waals surface area contributed by atoms with E-state index in [1.165, 1.54) is 6.07 Å². The lowest BCUT2D eigenvalue weighted by molar-refractivity contribution is -0.136. The first-order valence-electron chi connectivity index (χ1n) is 10.6. The lowest BCUT2D eigenvalue weighted by Crippen LogP contribution is -2.19. The number of nitrogens with one attached hydrogen (secondary N) is 1. The van der Waals surface area contributed by atoms with Crippen LogP contribution in [-0.4, -0.2) is 17.7 Å². The molecule has 1 atom stereocenters. The molecule has 0 fully saturated rings. The van der Waals surface area contributed by atoms with Crippen molar-refractivity contribution in [2.75, 3.05) is 6.61 Å². The van der Waals surface area contributed by atoms with Crippen LogP contribution >= 0.6 is 11.6 Å². The van der Waals surface area contributed by atoms with Gasteiger partial charge in [-0.25, -0.2) is 4.39 Å². The van der Waals surface area contributed by atoms with Gasteiger partial charge in [-0.15, -0.1) is 0 Å². The molecule has 168 valence electrons. The molecule has 4 nitrogen and oxygen atoms in total. The SMILES string of the molecule is CCCOc1ccc(-c2cccc(CC(=O)O)c2)cc1CNC(C)c1ccc(Cl)cc1F. The van der Waals surface area contributed by atoms with Gasteiger partial charge in [0.25, 0.3) is 0 Å². The van der Waals surface area contributed by atoms with Crippen LogP contribution in [0.4, 0.5) is 4.39 Å². The van der Waals surface area contributed by atoms with Gasteiger partial charge in [-0.05, 0) is 54.3 Å². The third-order valence-electron chi connectivity index (χ3n) is 5.17. The van der Waals surface area contributed by atoms with Crippen molar-refractivity contribution in [3.05, 3.63) is 88.2 Å². The highest BCUT2D eigenvalue weighted by molar-refractivity contribution is 6.30. The second-order valence-corrected chi connectivity index (χ2v) is 8.15. The van der Waals surface area contributed by atoms with Gasteiger partial charge in [0.15, 0.2) is 0 Å². The molecule has 3 aromatic rings. The Balaban J connectivity index is 1.85. The van der Waals surface area contributed by atoms with Crippen LogP contribution in [-0.2, 0) is 17.8 Å². The molecule has 0 aliphatic heterocycles. The number of benzene rings is 3. The van der Waals surface area contributed by atoms with Crippen LogP contribution in [0, 0.1) is 5.82 Å². The molecule has 0 aliphatic rings. The number of ether oxygens (including phenoxy) is 1. The molecule has 0 spiro atoms. The van der Waals surface area contributed by atoms with Gasteiger partial charge in [-0.1, -0.05) is 54.9 Å². The summed E-state index contributed by atoms with van der Waals surface area (Å²) in [4.78, 5) is 11.1. The maximum atomic E-state index is 14.3. The van der Waals surface area contributed by atoms with E-state index in [1.54, 1.807) is 18.2 Å². The van der Waals surface area contributed by atoms with Crippen LogP contribution in [0.3, 0.4) is 0 Å². The number of carboxylic acids is 1. The second kappa shape index (κ2) is 11.1. The van der Waals surface area contributed by atoms with E-state index < -0.39 is 5.97 Å². The average molecular weight is 456 g/mol. The van der Waals surface area contributed by atoms with E-state index in [4.69, 9.17) is 21.4 Å². The van der Waals surface area contributed by atoms with Crippen LogP contribution < -0.4 is 10.1 Å². The number of hydrogen-bond acceptors (Lipinski definition) is 3. The molecule has 0 aliphatic carbocycles. The number of carbonyl (C=O) groups is 1. The molecular formula is C26H27ClFNO3. The summed E-state index contributed by atoms with van der Waals surface area (Å²) in [5.41, 5.74) is 4.13. The zero-order valence-electron chi connectivity index (χ0n) is 18.2. The monoisotopic (exact) mass is 455 g/mol. The van der Waals surface area contributed by atoms with Crippen molar-refractivity contribution in [2.24, 2.45) is 0 Å². The Kier molecular flexibility index (Phi) is 8.26. The second-order valence-electron chi connectivity index (χ2n) is 7.71. The molecule has 2 N–H and O–H groups in total. The highest BCUT2D eigenvalue weighted by Gasteiger charge is 2.13. The number of halogens is 2. The smallest absolute Gasteiger partial charge is 0.307 e. The van der Waals surface area contributed by atoms with Gasteiger partial charge in [0.2, 0.25) is 0 Å². The fourth-order valence-corrected chi connectivity index (χ4v) is 3.67. The fourth-order valence-electron chi connectivity index (χ4n) is 3.51. The standard InChI is InChI=1S/C26H27ClFNO3/c1-3-11-32-25-10-7-20(19-6-4-5-18(12-19)13-26(30)31)14-21(25)16-29-17(2)23-9-8-22(27)15-24(23)28/h4-10,12,14-15,17,29H,3,11,13,16H2,1-2H3,(H,30,31). The van der Waals surface area contributed by atoms with Crippen molar-refractivity contribution < 1.29 is 19.0 Å². The average Bonchev–Trinajstić information content (AvgIpc) is 2.76. The summed E-state index contributed by atoms with van der Waals surface area (Å²) in [5.74, 6) is -0.434. The van der Waals surface area contributed by atoms with Gasteiger partial charge in [-0.3, -0.25) is 4.79 Å². The van der Waals surface area contributed by atoms with Crippen LogP contribution in [0.15, 0.2) is 60.7 Å². The Morgan fingerprint density at radius 3 is 2.62 bits per heavy atom. The van der Waals surface area contributed by atoms with Gasteiger partial charge in [0.05, 0.1) is 13.0 Å². The molecule has 0 saturated carbocycles. The van der Waals surface area contributed by atoms with E-state index in [0.29, 0.717) is 23.7 Å². The van der Waals surface area contributed by atoms with E-state index in [-0.39, 0.29) is 18.3 Å². The fraction of sp³-hybridized carbons (Fsp3) is 0.269. The summed E-state index contributed by atoms with van der Waals surface area (Å²) in [6.45, 7) is 5.02. The highest BCUT2D eigenvalue weighted by atomic mass is 35.5. The van der Waals surface area contributed by atoms with E-state index in [1.807, 2.05) is 50.2 Å². The first-order chi connectivity index (χ1) is 15.4. The van der Waals surface area contributed by atoms with E-state index in [2.05, 4.69) is 5.32 Å². The highest BCUT2D eigenvalue weighted by Crippen LogP contribution is 2.29. The molecule has 0 bridgehead atoms. The minimum Gasteiger partial charge on any atom is -0.493 e. The summed E-state index contributed by atoms with van der Waals surface area (Å²) < 4.78 is 20.2. The number of carboxylic acid groups (broad SMARTS) is 1. The van der Waals surface area contributed by atoms with Crippen molar-refractivity contribution in [3.8, 4) is 16.9 Å². The van der Waals surface area contributed by atoms with Crippen LogP contribution in [0.1, 0.15) is 43.0 Å². The van der Waals surface area contributed by atoms with E-state index in [9.17, 15) is 9.18 Å². The minimum atomic E-state index is -0.862. The van der Waals surface area contributed by atoms with E-state index in [0.717, 1.165) is 34.4 Å². The Labute approximate surface area is 193 Å². The summed E-state index contributed by atoms with van der Waals surface area (Å²) in [6, 6.07) is 17.9. The minimum absolute atomic E-state index is 0.0237. The van der Waals surface area contributed by atoms with Crippen LogP contribution in [0.5, 0.6) is 5.75 Å². The summed E-state index contributed by atoms with van der Waals surface area (Å²) >= 11 is 5.87. The molecule has 0 radical (unpaired) electrons. The van der Waals surface area contributed by atoms with Gasteiger partial charge in [-0.2, -0.15) is 0 Å². The maximum Gasteiger partial charge on any atom is 0.307 e. The third-order valence-corrected chi connectivity index (χ3v) is 5.40. The molecule has 0 saturated heterocycles. The Morgan fingerprint density at radius 1 is 1.12 bits per heavy atom. The van der Waals surface area contributed by atoms with Crippen molar-refractivity contribution in [1.82, 2.24) is 5.32 Å². The maximum absolute atomic E-state index is 14.3. The Morgan fingerprint density at radius 2 is 1.91 bits per heavy atom. The molecule has 0 amide bonds. The molecule has 0 aromatic heterocycles. The molecule has 0 heterocycles. The molecule has 3 aromatic carbocycles. The van der Waals surface area contributed by atoms with Crippen molar-refractivity contribution in [2.45, 2.75) is 39.3 Å². The zero-order valence-corrected chi connectivity index (χ0v) is 19.0. The lowest BCUT2D eigenvalue weighted by Gasteiger charge is -2.18. The molecular weight excluding hydrogens is 429 g/mol. The Bertz CT molecular complexity index is 1090. The van der Waals surface area contributed by atoms with Gasteiger partial charge in [0, 0.05) is 28.7 Å². The van der Waals surface area contributed by atoms with Gasteiger partial charge < -0.3 is 15.2 Å². The zero-order chi connectivity index (χ0) is 23.1. The van der Waals surface area contributed by atoms with Gasteiger partial charge >= 0.3 is 5.97 Å². The first-order valence-corrected chi connectivity index (χ1v) is 11.0. The topological polar surface area (TPSA) is 58.6 Å². The van der Waals surface area contributed by atoms with Crippen molar-refractivity contribution >= 4 is 17.6 Å². The molecule has 1 unspecified atom stereocenters. The number of hydrogen-bond donors (Lipinski definition) is 2. The molecule has 32 heavy (non-hydrogen) atoms. The van der Waals surface area contributed by atoms with E-state index >= 15 is 0 Å². The third kappa shape index (κ3) is 6.31. The normalized spacial score (nSPS) is 11.9. The summed E-state index contributed by atoms with van der Waals surface area (Å²) in [7, 11) is 0. The number of rotatable bonds is 10. The quantitative estimate of drug-likeness (QED) is 0.370. The number of aliphatic carboxylic acids is 1. The van der Waals surface area contributed by atoms with Gasteiger partial charge in [0.1, 0.15) is 11.6 Å². The first kappa shape index (κ1) is 23.8. The largest absolute Gasteiger partial charge is 0.493 e. The molecule has 6 heteroatoms. The predicted molar refractivity (Wildman–Crippen MR) is 126 cm³/mol. The Hall–Kier alpha value is -2.89. The predicted octanol–water partition coefficient (Wildman–Crippen LogP) is 6.41. The molecule has 3 rings (SSSR count). The summed E-state index contributed by atoms with van der Waals surface area (Å²) in [6.07, 6.45) is 0.863.